The molecule has 0 unspecified atom stereocenters. The van der Waals surface area contributed by atoms with Crippen molar-refractivity contribution in [2.24, 2.45) is 0 Å². The van der Waals surface area contributed by atoms with Crippen LogP contribution in [0.25, 0.3) is 0 Å². The smallest absolute Gasteiger partial charge is 0.253 e. The summed E-state index contributed by atoms with van der Waals surface area (Å²) in [6, 6.07) is 24.4. The predicted octanol–water partition coefficient (Wildman–Crippen LogP) is 3.58. The molecule has 7 heteroatoms. The standard InChI is InChI=1S/C29H32N4O3/c1-2-22-12-14-24(15-13-22)29(36)33-18-16-32(17-19-33)21-27(34)31-26-11-7-6-10-25(26)28(35)30-20-23-8-4-3-5-9-23/h3-15H,2,16-21H2,1H3,(H,30,35)(H,31,34). The van der Waals surface area contributed by atoms with Gasteiger partial charge >= 0.3 is 0 Å². The van der Waals surface area contributed by atoms with E-state index < -0.39 is 0 Å². The third kappa shape index (κ3) is 6.58. The lowest BCUT2D eigenvalue weighted by Gasteiger charge is -2.34. The molecule has 3 amide bonds. The van der Waals surface area contributed by atoms with Gasteiger partial charge in [-0.15, -0.1) is 0 Å². The Morgan fingerprint density at radius 1 is 0.778 bits per heavy atom. The molecule has 1 aliphatic heterocycles. The first-order chi connectivity index (χ1) is 17.5. The molecule has 3 aromatic carbocycles. The number of hydrogen-bond acceptors (Lipinski definition) is 4. The van der Waals surface area contributed by atoms with E-state index in [1.807, 2.05) is 64.4 Å². The number of amides is 3. The number of nitrogens with zero attached hydrogens (tertiary/aromatic N) is 2. The van der Waals surface area contributed by atoms with Gasteiger partial charge in [-0.3, -0.25) is 19.3 Å². The van der Waals surface area contributed by atoms with Crippen LogP contribution in [0.1, 0.15) is 38.8 Å². The lowest BCUT2D eigenvalue weighted by atomic mass is 10.1. The molecule has 186 valence electrons. The zero-order valence-electron chi connectivity index (χ0n) is 20.6. The summed E-state index contributed by atoms with van der Waals surface area (Å²) in [6.07, 6.45) is 0.943. The van der Waals surface area contributed by atoms with Crippen molar-refractivity contribution in [1.29, 1.82) is 0 Å². The van der Waals surface area contributed by atoms with E-state index in [1.165, 1.54) is 5.56 Å². The molecular formula is C29H32N4O3. The van der Waals surface area contributed by atoms with E-state index in [1.54, 1.807) is 24.3 Å². The number of benzene rings is 3. The minimum atomic E-state index is -0.242. The Hall–Kier alpha value is -3.97. The first kappa shape index (κ1) is 25.1. The van der Waals surface area contributed by atoms with Crippen molar-refractivity contribution < 1.29 is 14.4 Å². The summed E-state index contributed by atoms with van der Waals surface area (Å²) >= 11 is 0. The third-order valence-corrected chi connectivity index (χ3v) is 6.38. The molecule has 2 N–H and O–H groups in total. The molecule has 0 aliphatic carbocycles. The molecule has 7 nitrogen and oxygen atoms in total. The van der Waals surface area contributed by atoms with Gasteiger partial charge in [0.15, 0.2) is 0 Å². The number of carbonyl (C=O) groups excluding carboxylic acids is 3. The summed E-state index contributed by atoms with van der Waals surface area (Å²) in [4.78, 5) is 42.2. The van der Waals surface area contributed by atoms with Crippen LogP contribution in [0, 0.1) is 0 Å². The average Bonchev–Trinajstić information content (AvgIpc) is 2.92. The minimum Gasteiger partial charge on any atom is -0.348 e. The maximum Gasteiger partial charge on any atom is 0.253 e. The number of anilines is 1. The van der Waals surface area contributed by atoms with E-state index in [0.717, 1.165) is 12.0 Å². The molecule has 4 rings (SSSR count). The van der Waals surface area contributed by atoms with Crippen LogP contribution in [0.15, 0.2) is 78.9 Å². The van der Waals surface area contributed by atoms with Gasteiger partial charge in [-0.2, -0.15) is 0 Å². The Labute approximate surface area is 212 Å². The van der Waals surface area contributed by atoms with Crippen LogP contribution in [0.4, 0.5) is 5.69 Å². The number of aryl methyl sites for hydroxylation is 1. The third-order valence-electron chi connectivity index (χ3n) is 6.38. The first-order valence-corrected chi connectivity index (χ1v) is 12.3. The van der Waals surface area contributed by atoms with Gasteiger partial charge in [0.05, 0.1) is 17.8 Å². The number of carbonyl (C=O) groups is 3. The first-order valence-electron chi connectivity index (χ1n) is 12.3. The Morgan fingerprint density at radius 3 is 2.14 bits per heavy atom. The fourth-order valence-electron chi connectivity index (χ4n) is 4.23. The Bertz CT molecular complexity index is 1190. The number of para-hydroxylation sites is 1. The van der Waals surface area contributed by atoms with Crippen molar-refractivity contribution in [2.45, 2.75) is 19.9 Å². The van der Waals surface area contributed by atoms with Gasteiger partial charge in [0.25, 0.3) is 11.8 Å². The second-order valence-electron chi connectivity index (χ2n) is 8.88. The predicted molar refractivity (Wildman–Crippen MR) is 141 cm³/mol. The van der Waals surface area contributed by atoms with E-state index >= 15 is 0 Å². The van der Waals surface area contributed by atoms with Gasteiger partial charge in [-0.05, 0) is 41.8 Å². The molecule has 0 radical (unpaired) electrons. The Balaban J connectivity index is 1.27. The zero-order valence-corrected chi connectivity index (χ0v) is 20.6. The van der Waals surface area contributed by atoms with Gasteiger partial charge < -0.3 is 15.5 Å². The Kier molecular flexibility index (Phi) is 8.47. The molecular weight excluding hydrogens is 452 g/mol. The summed E-state index contributed by atoms with van der Waals surface area (Å²) in [7, 11) is 0. The van der Waals surface area contributed by atoms with Crippen LogP contribution in [0.2, 0.25) is 0 Å². The van der Waals surface area contributed by atoms with Crippen LogP contribution >= 0.6 is 0 Å². The molecule has 0 bridgehead atoms. The van der Waals surface area contributed by atoms with Crippen molar-refractivity contribution >= 4 is 23.4 Å². The number of rotatable bonds is 8. The van der Waals surface area contributed by atoms with Gasteiger partial charge in [0.1, 0.15) is 0 Å². The zero-order chi connectivity index (χ0) is 25.3. The molecule has 3 aromatic rings. The van der Waals surface area contributed by atoms with Crippen molar-refractivity contribution in [1.82, 2.24) is 15.1 Å². The van der Waals surface area contributed by atoms with E-state index in [-0.39, 0.29) is 24.3 Å². The number of piperazine rings is 1. The minimum absolute atomic E-state index is 0.0252. The molecule has 0 atom stereocenters. The summed E-state index contributed by atoms with van der Waals surface area (Å²) < 4.78 is 0. The normalized spacial score (nSPS) is 13.8. The van der Waals surface area contributed by atoms with Gasteiger partial charge in [0.2, 0.25) is 5.91 Å². The van der Waals surface area contributed by atoms with E-state index in [9.17, 15) is 14.4 Å². The fraction of sp³-hybridized carbons (Fsp3) is 0.276. The highest BCUT2D eigenvalue weighted by atomic mass is 16.2. The van der Waals surface area contributed by atoms with Gasteiger partial charge in [-0.25, -0.2) is 0 Å². The molecule has 1 saturated heterocycles. The van der Waals surface area contributed by atoms with Crippen molar-refractivity contribution in [3.8, 4) is 0 Å². The van der Waals surface area contributed by atoms with Crippen LogP contribution in [-0.4, -0.2) is 60.2 Å². The Morgan fingerprint density at radius 2 is 1.44 bits per heavy atom. The summed E-state index contributed by atoms with van der Waals surface area (Å²) in [5.74, 6) is -0.403. The summed E-state index contributed by atoms with van der Waals surface area (Å²) in [5, 5.41) is 5.79. The largest absolute Gasteiger partial charge is 0.348 e. The van der Waals surface area contributed by atoms with Crippen molar-refractivity contribution in [2.75, 3.05) is 38.0 Å². The van der Waals surface area contributed by atoms with Crippen molar-refractivity contribution in [3.63, 3.8) is 0 Å². The highest BCUT2D eigenvalue weighted by molar-refractivity contribution is 6.04. The topological polar surface area (TPSA) is 81.8 Å². The molecule has 1 aliphatic rings. The van der Waals surface area contributed by atoms with Crippen LogP contribution in [-0.2, 0) is 17.8 Å². The highest BCUT2D eigenvalue weighted by Gasteiger charge is 2.23. The van der Waals surface area contributed by atoms with Crippen LogP contribution in [0.5, 0.6) is 0 Å². The summed E-state index contributed by atoms with van der Waals surface area (Å²) in [5.41, 5.74) is 3.81. The molecule has 36 heavy (non-hydrogen) atoms. The monoisotopic (exact) mass is 484 g/mol. The molecule has 0 aromatic heterocycles. The second-order valence-corrected chi connectivity index (χ2v) is 8.88. The lowest BCUT2D eigenvalue weighted by molar-refractivity contribution is -0.117. The summed E-state index contributed by atoms with van der Waals surface area (Å²) in [6.45, 7) is 5.07. The van der Waals surface area contributed by atoms with Crippen molar-refractivity contribution in [3.05, 3.63) is 101 Å². The SMILES string of the molecule is CCc1ccc(C(=O)N2CCN(CC(=O)Nc3ccccc3C(=O)NCc3ccccc3)CC2)cc1. The van der Waals surface area contributed by atoms with Crippen LogP contribution in [0.3, 0.4) is 0 Å². The second kappa shape index (κ2) is 12.1. The van der Waals surface area contributed by atoms with E-state index in [0.29, 0.717) is 49.5 Å². The maximum atomic E-state index is 12.8. The van der Waals surface area contributed by atoms with Gasteiger partial charge in [0, 0.05) is 38.3 Å². The average molecular weight is 485 g/mol. The lowest BCUT2D eigenvalue weighted by Crippen LogP contribution is -2.50. The number of hydrogen-bond donors (Lipinski definition) is 2. The maximum absolute atomic E-state index is 12.8. The van der Waals surface area contributed by atoms with E-state index in [2.05, 4.69) is 17.6 Å². The van der Waals surface area contributed by atoms with Gasteiger partial charge in [-0.1, -0.05) is 61.5 Å². The quantitative estimate of drug-likeness (QED) is 0.512. The van der Waals surface area contributed by atoms with Crippen LogP contribution < -0.4 is 10.6 Å². The van der Waals surface area contributed by atoms with E-state index in [4.69, 9.17) is 0 Å². The highest BCUT2D eigenvalue weighted by Crippen LogP contribution is 2.16. The molecule has 1 heterocycles. The molecule has 1 fully saturated rings. The molecule has 0 spiro atoms. The fourth-order valence-corrected chi connectivity index (χ4v) is 4.23. The molecule has 0 saturated carbocycles. The number of nitrogens with one attached hydrogen (secondary N) is 2.